The summed E-state index contributed by atoms with van der Waals surface area (Å²) in [7, 11) is -1.83. The van der Waals surface area contributed by atoms with Gasteiger partial charge in [0.25, 0.3) is 0 Å². The van der Waals surface area contributed by atoms with Crippen LogP contribution in [0.4, 0.5) is 0 Å². The molecule has 4 heteroatoms. The van der Waals surface area contributed by atoms with Gasteiger partial charge in [-0.1, -0.05) is 61.8 Å². The van der Waals surface area contributed by atoms with Crippen LogP contribution < -0.4 is 5.32 Å². The highest BCUT2D eigenvalue weighted by Gasteiger charge is 2.63. The summed E-state index contributed by atoms with van der Waals surface area (Å²) in [6.07, 6.45) is 4.25. The molecule has 2 fully saturated rings. The summed E-state index contributed by atoms with van der Waals surface area (Å²) in [5.41, 5.74) is 1.34. The molecular weight excluding hydrogens is 288 g/mol. The molecule has 1 N–H and O–H groups in total. The van der Waals surface area contributed by atoms with E-state index in [0.29, 0.717) is 0 Å². The van der Waals surface area contributed by atoms with Crippen LogP contribution in [0.5, 0.6) is 0 Å². The first-order chi connectivity index (χ1) is 10.5. The lowest BCUT2D eigenvalue weighted by atomic mass is 9.77. The summed E-state index contributed by atoms with van der Waals surface area (Å²) in [4.78, 5) is 12.4. The first-order valence-electron chi connectivity index (χ1n) is 8.25. The zero-order valence-electron chi connectivity index (χ0n) is 13.4. The molecule has 1 saturated heterocycles. The van der Waals surface area contributed by atoms with Crippen molar-refractivity contribution >= 4 is 14.0 Å². The largest absolute Gasteiger partial charge is 0.340 e. The Labute approximate surface area is 133 Å². The number of hydrogen-bond donors (Lipinski definition) is 1. The Morgan fingerprint density at radius 1 is 1.32 bits per heavy atom. The lowest BCUT2D eigenvalue weighted by Crippen LogP contribution is -2.54. The minimum atomic E-state index is -1.83. The van der Waals surface area contributed by atoms with Gasteiger partial charge in [0.15, 0.2) is 0 Å². The number of fused-ring (bicyclic) bond motifs is 1. The van der Waals surface area contributed by atoms with Gasteiger partial charge in [-0.15, -0.1) is 0 Å². The highest BCUT2D eigenvalue weighted by Crippen LogP contribution is 2.60. The van der Waals surface area contributed by atoms with Crippen LogP contribution in [0.25, 0.3) is 0 Å². The number of rotatable bonds is 3. The summed E-state index contributed by atoms with van der Waals surface area (Å²) < 4.78 is 0. The van der Waals surface area contributed by atoms with Crippen molar-refractivity contribution in [1.82, 2.24) is 5.32 Å². The number of carbonyl (C=O) groups is 1. The summed E-state index contributed by atoms with van der Waals surface area (Å²) in [5.74, 6) is 0.177. The third-order valence-corrected chi connectivity index (χ3v) is 10.7. The quantitative estimate of drug-likeness (QED) is 0.869. The number of benzene rings is 1. The summed E-state index contributed by atoms with van der Waals surface area (Å²) in [6, 6.07) is 13.7. The molecule has 0 aromatic heterocycles. The predicted octanol–water partition coefficient (Wildman–Crippen LogP) is 3.43. The molecule has 2 aliphatic rings. The molecule has 0 bridgehead atoms. The van der Waals surface area contributed by atoms with Crippen molar-refractivity contribution in [3.05, 3.63) is 35.9 Å². The van der Waals surface area contributed by atoms with E-state index in [1.165, 1.54) is 5.56 Å². The van der Waals surface area contributed by atoms with Gasteiger partial charge in [-0.2, -0.15) is 5.26 Å². The van der Waals surface area contributed by atoms with Gasteiger partial charge in [0.2, 0.25) is 5.91 Å². The van der Waals surface area contributed by atoms with Crippen molar-refractivity contribution < 1.29 is 4.79 Å². The molecule has 3 atom stereocenters. The number of carbonyl (C=O) groups excluding carboxylic acids is 1. The molecule has 1 heterocycles. The Morgan fingerprint density at radius 3 is 2.73 bits per heavy atom. The Bertz CT molecular complexity index is 607. The Morgan fingerprint density at radius 2 is 2.05 bits per heavy atom. The molecule has 116 valence electrons. The molecule has 0 radical (unpaired) electrons. The minimum Gasteiger partial charge on any atom is -0.340 e. The first-order valence-corrected chi connectivity index (χ1v) is 11.5. The first kappa shape index (κ1) is 15.3. The van der Waals surface area contributed by atoms with E-state index >= 15 is 0 Å². The molecule has 1 aromatic rings. The highest BCUT2D eigenvalue weighted by atomic mass is 28.3. The van der Waals surface area contributed by atoms with Crippen molar-refractivity contribution in [2.24, 2.45) is 5.92 Å². The average molecular weight is 312 g/mol. The third kappa shape index (κ3) is 2.19. The Kier molecular flexibility index (Phi) is 3.86. The fraction of sp³-hybridized carbons (Fsp3) is 0.556. The van der Waals surface area contributed by atoms with Crippen LogP contribution in [0.1, 0.15) is 31.2 Å². The molecule has 1 aliphatic heterocycles. The third-order valence-electron chi connectivity index (χ3n) is 5.95. The van der Waals surface area contributed by atoms with Crippen molar-refractivity contribution in [1.29, 1.82) is 5.26 Å². The fourth-order valence-electron chi connectivity index (χ4n) is 4.90. The van der Waals surface area contributed by atoms with Crippen molar-refractivity contribution in [3.8, 4) is 6.07 Å². The Balaban J connectivity index is 2.00. The van der Waals surface area contributed by atoms with Crippen LogP contribution in [0.3, 0.4) is 0 Å². The van der Waals surface area contributed by atoms with Gasteiger partial charge in [0.1, 0.15) is 6.04 Å². The monoisotopic (exact) mass is 312 g/mol. The van der Waals surface area contributed by atoms with E-state index in [2.05, 4.69) is 48.7 Å². The zero-order valence-corrected chi connectivity index (χ0v) is 14.4. The highest BCUT2D eigenvalue weighted by molar-refractivity contribution is 6.80. The second-order valence-electron chi connectivity index (χ2n) is 7.46. The molecule has 1 amide bonds. The molecule has 3 rings (SSSR count). The van der Waals surface area contributed by atoms with Crippen LogP contribution in [0.2, 0.25) is 18.1 Å². The van der Waals surface area contributed by atoms with Gasteiger partial charge in [-0.3, -0.25) is 4.79 Å². The van der Waals surface area contributed by atoms with E-state index in [1.54, 1.807) is 0 Å². The van der Waals surface area contributed by atoms with Crippen molar-refractivity contribution in [2.75, 3.05) is 0 Å². The Hall–Kier alpha value is -1.60. The molecule has 0 unspecified atom stereocenters. The van der Waals surface area contributed by atoms with Crippen LogP contribution in [-0.4, -0.2) is 20.0 Å². The van der Waals surface area contributed by atoms with E-state index in [-0.39, 0.29) is 22.9 Å². The van der Waals surface area contributed by atoms with E-state index in [4.69, 9.17) is 0 Å². The second kappa shape index (κ2) is 5.55. The van der Waals surface area contributed by atoms with Crippen molar-refractivity contribution in [2.45, 2.75) is 55.9 Å². The van der Waals surface area contributed by atoms with Gasteiger partial charge in [0.05, 0.1) is 14.1 Å². The molecule has 1 aromatic carbocycles. The van der Waals surface area contributed by atoms with E-state index in [9.17, 15) is 10.1 Å². The maximum absolute atomic E-state index is 12.4. The summed E-state index contributed by atoms with van der Waals surface area (Å²) in [5, 5.41) is 12.6. The summed E-state index contributed by atoms with van der Waals surface area (Å²) >= 11 is 0. The van der Waals surface area contributed by atoms with Crippen LogP contribution >= 0.6 is 0 Å². The second-order valence-corrected chi connectivity index (χ2v) is 12.5. The molecular formula is C18H24N2OSi. The number of nitriles is 1. The topological polar surface area (TPSA) is 52.9 Å². The molecule has 1 aliphatic carbocycles. The molecule has 1 saturated carbocycles. The predicted molar refractivity (Wildman–Crippen MR) is 89.8 cm³/mol. The molecule has 0 spiro atoms. The van der Waals surface area contributed by atoms with E-state index in [1.807, 2.05) is 6.07 Å². The van der Waals surface area contributed by atoms with Gasteiger partial charge in [0, 0.05) is 11.0 Å². The lowest BCUT2D eigenvalue weighted by molar-refractivity contribution is -0.123. The number of nitrogens with zero attached hydrogens (tertiary/aromatic N) is 1. The van der Waals surface area contributed by atoms with Gasteiger partial charge in [-0.05, 0) is 18.9 Å². The van der Waals surface area contributed by atoms with Crippen molar-refractivity contribution in [3.63, 3.8) is 0 Å². The van der Waals surface area contributed by atoms with E-state index in [0.717, 1.165) is 31.7 Å². The average Bonchev–Trinajstić information content (AvgIpc) is 2.82. The van der Waals surface area contributed by atoms with E-state index < -0.39 is 8.07 Å². The fourth-order valence-corrected chi connectivity index (χ4v) is 9.47. The number of amides is 1. The summed E-state index contributed by atoms with van der Waals surface area (Å²) in [6.45, 7) is 4.76. The van der Waals surface area contributed by atoms with Gasteiger partial charge in [-0.25, -0.2) is 0 Å². The minimum absolute atomic E-state index is 0.0521. The standard InChI is InChI=1S/C18H24N2OSi/c1-22(2,13-14-8-4-3-5-9-14)18-11-7-6-10-15(18)17(21)20-16(18)12-19/h3-5,8-9,15-16H,6-7,10-11,13H2,1-2H3,(H,20,21)/t15-,16-,18+/m1/s1. The number of nitrogens with one attached hydrogen (secondary N) is 1. The van der Waals surface area contributed by atoms with Gasteiger partial charge >= 0.3 is 0 Å². The maximum atomic E-state index is 12.4. The van der Waals surface area contributed by atoms with Crippen LogP contribution in [0.15, 0.2) is 30.3 Å². The lowest BCUT2D eigenvalue weighted by Gasteiger charge is -2.49. The SMILES string of the molecule is C[Si](C)(Cc1ccccc1)[C@@]12CCCC[C@@H]1C(=O)N[C@@H]2C#N. The normalized spacial score (nSPS) is 31.2. The zero-order chi connectivity index (χ0) is 15.8. The van der Waals surface area contributed by atoms with Gasteiger partial charge < -0.3 is 5.32 Å². The molecule has 3 nitrogen and oxygen atoms in total. The molecule has 22 heavy (non-hydrogen) atoms. The maximum Gasteiger partial charge on any atom is 0.224 e. The van der Waals surface area contributed by atoms with Crippen LogP contribution in [0, 0.1) is 17.2 Å². The van der Waals surface area contributed by atoms with Crippen LogP contribution in [-0.2, 0) is 10.8 Å². The smallest absolute Gasteiger partial charge is 0.224 e. The number of hydrogen-bond acceptors (Lipinski definition) is 2.